The molecule has 1 amide bonds. The molecule has 5 nitrogen and oxygen atoms in total. The summed E-state index contributed by atoms with van der Waals surface area (Å²) >= 11 is 0. The molecular formula is C22H27ClN4O. The fourth-order valence-electron chi connectivity index (χ4n) is 3.11. The lowest BCUT2D eigenvalue weighted by atomic mass is 10.0. The van der Waals surface area contributed by atoms with Crippen molar-refractivity contribution in [1.82, 2.24) is 20.0 Å². The van der Waals surface area contributed by atoms with Gasteiger partial charge in [0.05, 0.1) is 11.3 Å². The van der Waals surface area contributed by atoms with Crippen LogP contribution in [-0.2, 0) is 0 Å². The van der Waals surface area contributed by atoms with Crippen molar-refractivity contribution in [2.75, 3.05) is 27.2 Å². The number of hydrogen-bond acceptors (Lipinski definition) is 3. The van der Waals surface area contributed by atoms with E-state index >= 15 is 0 Å². The Hall–Kier alpha value is -2.63. The van der Waals surface area contributed by atoms with Gasteiger partial charge >= 0.3 is 0 Å². The average molecular weight is 399 g/mol. The number of amides is 1. The van der Waals surface area contributed by atoms with Crippen molar-refractivity contribution in [2.24, 2.45) is 0 Å². The zero-order valence-corrected chi connectivity index (χ0v) is 17.6. The van der Waals surface area contributed by atoms with Gasteiger partial charge in [0.2, 0.25) is 0 Å². The molecule has 148 valence electrons. The van der Waals surface area contributed by atoms with E-state index in [1.165, 1.54) is 5.56 Å². The summed E-state index contributed by atoms with van der Waals surface area (Å²) in [6, 6.07) is 16.1. The van der Waals surface area contributed by atoms with Gasteiger partial charge in [-0.3, -0.25) is 4.79 Å². The number of rotatable bonds is 6. The van der Waals surface area contributed by atoms with E-state index in [1.807, 2.05) is 56.7 Å². The van der Waals surface area contributed by atoms with Gasteiger partial charge in [0, 0.05) is 31.9 Å². The fourth-order valence-corrected chi connectivity index (χ4v) is 3.11. The molecule has 0 saturated carbocycles. The molecule has 3 aromatic rings. The van der Waals surface area contributed by atoms with Gasteiger partial charge in [0.15, 0.2) is 0 Å². The van der Waals surface area contributed by atoms with Crippen LogP contribution in [-0.4, -0.2) is 47.8 Å². The van der Waals surface area contributed by atoms with Crippen molar-refractivity contribution < 1.29 is 4.79 Å². The number of aryl methyl sites for hydroxylation is 2. The summed E-state index contributed by atoms with van der Waals surface area (Å²) in [5, 5.41) is 7.86. The summed E-state index contributed by atoms with van der Waals surface area (Å²) in [6.45, 7) is 5.51. The standard InChI is InChI=1S/C22H26N4O.ClH/c1-16-10-11-19(17(2)14-16)21-20(22(27)25(4)13-12-23-3)15-26(24-21)18-8-6-5-7-9-18;/h5-11,14-15,23H,12-13H2,1-4H3;1H. The fraction of sp³-hybridized carbons (Fsp3) is 0.273. The van der Waals surface area contributed by atoms with Crippen LogP contribution in [0.1, 0.15) is 21.5 Å². The average Bonchev–Trinajstić information content (AvgIpc) is 3.11. The van der Waals surface area contributed by atoms with Gasteiger partial charge in [-0.1, -0.05) is 42.0 Å². The van der Waals surface area contributed by atoms with Crippen LogP contribution in [0.5, 0.6) is 0 Å². The Kier molecular flexibility index (Phi) is 7.38. The molecule has 0 aliphatic carbocycles. The van der Waals surface area contributed by atoms with Crippen LogP contribution in [0.15, 0.2) is 54.7 Å². The number of nitrogens with zero attached hydrogens (tertiary/aromatic N) is 3. The van der Waals surface area contributed by atoms with E-state index in [0.29, 0.717) is 12.1 Å². The summed E-state index contributed by atoms with van der Waals surface area (Å²) in [4.78, 5) is 14.8. The Balaban J connectivity index is 0.00000280. The van der Waals surface area contributed by atoms with E-state index in [2.05, 4.69) is 31.3 Å². The molecule has 0 unspecified atom stereocenters. The van der Waals surface area contributed by atoms with Crippen molar-refractivity contribution >= 4 is 18.3 Å². The first-order valence-electron chi connectivity index (χ1n) is 9.14. The second-order valence-corrected chi connectivity index (χ2v) is 6.82. The van der Waals surface area contributed by atoms with E-state index in [-0.39, 0.29) is 18.3 Å². The first-order chi connectivity index (χ1) is 13.0. The topological polar surface area (TPSA) is 50.2 Å². The van der Waals surface area contributed by atoms with Gasteiger partial charge in [-0.25, -0.2) is 4.68 Å². The number of para-hydroxylation sites is 1. The van der Waals surface area contributed by atoms with Crippen LogP contribution >= 0.6 is 12.4 Å². The SMILES string of the molecule is CNCCN(C)C(=O)c1cn(-c2ccccc2)nc1-c1ccc(C)cc1C.Cl. The first kappa shape index (κ1) is 21.7. The molecule has 6 heteroatoms. The maximum atomic E-state index is 13.1. The number of halogens is 1. The highest BCUT2D eigenvalue weighted by molar-refractivity contribution is 6.00. The summed E-state index contributed by atoms with van der Waals surface area (Å²) in [7, 11) is 3.71. The van der Waals surface area contributed by atoms with Crippen molar-refractivity contribution in [1.29, 1.82) is 0 Å². The molecule has 1 aromatic heterocycles. The number of hydrogen-bond donors (Lipinski definition) is 1. The zero-order valence-electron chi connectivity index (χ0n) is 16.8. The predicted octanol–water partition coefficient (Wildman–Crippen LogP) is 3.87. The molecule has 0 fully saturated rings. The lowest BCUT2D eigenvalue weighted by Gasteiger charge is -2.17. The summed E-state index contributed by atoms with van der Waals surface area (Å²) in [5.74, 6) is -0.0255. The molecule has 1 N–H and O–H groups in total. The van der Waals surface area contributed by atoms with E-state index in [9.17, 15) is 4.79 Å². The monoisotopic (exact) mass is 398 g/mol. The maximum absolute atomic E-state index is 13.1. The molecule has 28 heavy (non-hydrogen) atoms. The van der Waals surface area contributed by atoms with Crippen LogP contribution in [0, 0.1) is 13.8 Å². The second-order valence-electron chi connectivity index (χ2n) is 6.82. The molecule has 0 aliphatic rings. The zero-order chi connectivity index (χ0) is 19.4. The largest absolute Gasteiger partial charge is 0.340 e. The first-order valence-corrected chi connectivity index (χ1v) is 9.14. The van der Waals surface area contributed by atoms with Crippen molar-refractivity contribution in [3.05, 3.63) is 71.4 Å². The second kappa shape index (κ2) is 9.53. The number of likely N-dealkylation sites (N-methyl/N-ethyl adjacent to an activating group) is 2. The molecule has 1 heterocycles. The van der Waals surface area contributed by atoms with E-state index in [1.54, 1.807) is 9.58 Å². The van der Waals surface area contributed by atoms with Gasteiger partial charge in [-0.2, -0.15) is 5.10 Å². The van der Waals surface area contributed by atoms with Crippen LogP contribution < -0.4 is 5.32 Å². The Bertz CT molecular complexity index is 937. The maximum Gasteiger partial charge on any atom is 0.257 e. The molecule has 2 aromatic carbocycles. The van der Waals surface area contributed by atoms with Gasteiger partial charge in [0.1, 0.15) is 5.69 Å². The van der Waals surface area contributed by atoms with Crippen molar-refractivity contribution in [3.63, 3.8) is 0 Å². The minimum absolute atomic E-state index is 0. The van der Waals surface area contributed by atoms with Crippen LogP contribution in [0.25, 0.3) is 16.9 Å². The third-order valence-electron chi connectivity index (χ3n) is 4.65. The highest BCUT2D eigenvalue weighted by atomic mass is 35.5. The molecule has 3 rings (SSSR count). The highest BCUT2D eigenvalue weighted by Gasteiger charge is 2.22. The third-order valence-corrected chi connectivity index (χ3v) is 4.65. The number of aromatic nitrogens is 2. The number of carbonyl (C=O) groups is 1. The van der Waals surface area contributed by atoms with Crippen molar-refractivity contribution in [2.45, 2.75) is 13.8 Å². The third kappa shape index (κ3) is 4.61. The van der Waals surface area contributed by atoms with Gasteiger partial charge in [-0.05, 0) is 38.6 Å². The quantitative estimate of drug-likeness (QED) is 0.685. The van der Waals surface area contributed by atoms with Crippen LogP contribution in [0.2, 0.25) is 0 Å². The molecule has 0 radical (unpaired) electrons. The number of nitrogens with one attached hydrogen (secondary N) is 1. The number of carbonyl (C=O) groups excluding carboxylic acids is 1. The Morgan fingerprint density at radius 1 is 1.14 bits per heavy atom. The van der Waals surface area contributed by atoms with Crippen LogP contribution in [0.3, 0.4) is 0 Å². The predicted molar refractivity (Wildman–Crippen MR) is 117 cm³/mol. The smallest absolute Gasteiger partial charge is 0.257 e. The van der Waals surface area contributed by atoms with E-state index in [4.69, 9.17) is 5.10 Å². The highest BCUT2D eigenvalue weighted by Crippen LogP contribution is 2.28. The molecule has 0 atom stereocenters. The van der Waals surface area contributed by atoms with Gasteiger partial charge in [0.25, 0.3) is 5.91 Å². The summed E-state index contributed by atoms with van der Waals surface area (Å²) in [5.41, 5.74) is 5.56. The normalized spacial score (nSPS) is 10.4. The van der Waals surface area contributed by atoms with Gasteiger partial charge < -0.3 is 10.2 Å². The van der Waals surface area contributed by atoms with E-state index in [0.717, 1.165) is 29.1 Å². The molecule has 0 bridgehead atoms. The Morgan fingerprint density at radius 2 is 1.86 bits per heavy atom. The Labute approximate surface area is 172 Å². The van der Waals surface area contributed by atoms with Gasteiger partial charge in [-0.15, -0.1) is 12.4 Å². The summed E-state index contributed by atoms with van der Waals surface area (Å²) in [6.07, 6.45) is 1.84. The van der Waals surface area contributed by atoms with E-state index < -0.39 is 0 Å². The minimum Gasteiger partial charge on any atom is -0.340 e. The molecule has 0 aliphatic heterocycles. The Morgan fingerprint density at radius 3 is 2.50 bits per heavy atom. The lowest BCUT2D eigenvalue weighted by molar-refractivity contribution is 0.0797. The summed E-state index contributed by atoms with van der Waals surface area (Å²) < 4.78 is 1.79. The molecular weight excluding hydrogens is 372 g/mol. The van der Waals surface area contributed by atoms with Crippen LogP contribution in [0.4, 0.5) is 0 Å². The molecule has 0 saturated heterocycles. The lowest BCUT2D eigenvalue weighted by Crippen LogP contribution is -2.32. The number of benzene rings is 2. The van der Waals surface area contributed by atoms with Crippen molar-refractivity contribution in [3.8, 4) is 16.9 Å². The minimum atomic E-state index is -0.0255. The molecule has 0 spiro atoms.